The van der Waals surface area contributed by atoms with Crippen LogP contribution in [0.25, 0.3) is 0 Å². The monoisotopic (exact) mass is 1790 g/mol. The van der Waals surface area contributed by atoms with Crippen LogP contribution in [0.3, 0.4) is 0 Å². The van der Waals surface area contributed by atoms with E-state index in [0.717, 1.165) is 0 Å². The average molecular weight is 1790 g/mol. The molecule has 1 aliphatic heterocycles. The molecule has 0 radical (unpaired) electrons. The van der Waals surface area contributed by atoms with Crippen molar-refractivity contribution >= 4 is 186 Å². The Morgan fingerprint density at radius 2 is 0.408 bits per heavy atom. The number of hydrogen-bond acceptors (Lipinski definition) is 24. The number of phenols is 2. The van der Waals surface area contributed by atoms with Gasteiger partial charge in [-0.15, -0.1) is 50.5 Å². The summed E-state index contributed by atoms with van der Waals surface area (Å²) in [5.41, 5.74) is 32.3. The lowest BCUT2D eigenvalue weighted by molar-refractivity contribution is 0.0843. The Morgan fingerprint density at radius 3 is 0.642 bits per heavy atom. The van der Waals surface area contributed by atoms with Crippen LogP contribution in [0.15, 0.2) is 340 Å². The van der Waals surface area contributed by atoms with Crippen molar-refractivity contribution in [2.45, 2.75) is 49.0 Å². The molecule has 0 saturated heterocycles. The smallest absolute Gasteiger partial charge is 0.273 e. The van der Waals surface area contributed by atoms with E-state index in [4.69, 9.17) is 0 Å². The Labute approximate surface area is 731 Å². The molecule has 13 rings (SSSR count). The molecular weight excluding hydrogens is 1720 g/mol. The van der Waals surface area contributed by atoms with E-state index in [2.05, 4.69) is 116 Å². The van der Waals surface area contributed by atoms with Gasteiger partial charge >= 0.3 is 0 Å². The third-order valence-electron chi connectivity index (χ3n) is 16.1. The van der Waals surface area contributed by atoms with Crippen molar-refractivity contribution in [3.63, 3.8) is 0 Å². The van der Waals surface area contributed by atoms with Gasteiger partial charge in [-0.05, 0) is 146 Å². The number of nitrogens with one attached hydrogen (secondary N) is 12. The molecule has 0 aromatic heterocycles. The van der Waals surface area contributed by atoms with Crippen LogP contribution in [0.2, 0.25) is 0 Å². The number of thiol groups is 4. The summed E-state index contributed by atoms with van der Waals surface area (Å²) in [7, 11) is 7.72. The van der Waals surface area contributed by atoms with Gasteiger partial charge in [-0.1, -0.05) is 210 Å². The van der Waals surface area contributed by atoms with Gasteiger partial charge in [0.1, 0.15) is 11.5 Å². The van der Waals surface area contributed by atoms with E-state index in [1.165, 1.54) is 89.0 Å². The van der Waals surface area contributed by atoms with Gasteiger partial charge in [-0.25, -0.2) is 0 Å². The van der Waals surface area contributed by atoms with Gasteiger partial charge in [0.05, 0.1) is 66.8 Å². The molecule has 0 fully saturated rings. The van der Waals surface area contributed by atoms with Gasteiger partial charge < -0.3 is 10.2 Å². The number of amides is 12. The molecule has 0 spiro atoms. The van der Waals surface area contributed by atoms with Crippen molar-refractivity contribution < 1.29 is 67.7 Å². The lowest BCUT2D eigenvalue weighted by atomic mass is 10.2. The van der Waals surface area contributed by atoms with Crippen LogP contribution in [0.5, 0.6) is 11.5 Å². The Balaban J connectivity index is 0.000000177. The fourth-order valence-corrected chi connectivity index (χ4v) is 18.2. The third kappa shape index (κ3) is 25.5. The highest BCUT2D eigenvalue weighted by atomic mass is 33.1. The number of rotatable bonds is 11. The van der Waals surface area contributed by atoms with Crippen LogP contribution in [0.4, 0.5) is 0 Å². The topological polar surface area (TPSA) is 390 Å². The minimum atomic E-state index is -0.660. The van der Waals surface area contributed by atoms with Crippen molar-refractivity contribution in [2.75, 3.05) is 0 Å². The van der Waals surface area contributed by atoms with E-state index >= 15 is 0 Å². The Morgan fingerprint density at radius 1 is 0.233 bits per heavy atom. The molecule has 120 heavy (non-hydrogen) atoms. The number of benzene rings is 12. The summed E-state index contributed by atoms with van der Waals surface area (Å²) < 4.78 is 0. The highest BCUT2D eigenvalue weighted by Crippen LogP contribution is 2.43. The Bertz CT molecular complexity index is 5270. The number of fused-ring (bicyclic) bond motifs is 4. The molecular formula is C84H66N12O14S10. The molecule has 14 N–H and O–H groups in total. The van der Waals surface area contributed by atoms with E-state index < -0.39 is 70.9 Å². The number of aromatic hydroxyl groups is 2. The van der Waals surface area contributed by atoms with Gasteiger partial charge in [-0.2, -0.15) is 0 Å². The molecule has 1 heterocycles. The lowest BCUT2D eigenvalue weighted by Crippen LogP contribution is -2.42. The van der Waals surface area contributed by atoms with Crippen LogP contribution in [-0.4, -0.2) is 81.1 Å². The second kappa shape index (κ2) is 45.4. The van der Waals surface area contributed by atoms with Crippen LogP contribution in [0.1, 0.15) is 124 Å². The highest BCUT2D eigenvalue weighted by Gasteiger charge is 2.24. The zero-order valence-corrected chi connectivity index (χ0v) is 70.2. The second-order valence-electron chi connectivity index (χ2n) is 24.0. The minimum Gasteiger partial charge on any atom is -0.507 e. The predicted molar refractivity (Wildman–Crippen MR) is 474 cm³/mol. The number of carbonyl (C=O) groups is 12. The largest absolute Gasteiger partial charge is 0.507 e. The summed E-state index contributed by atoms with van der Waals surface area (Å²) in [6, 6.07) is 80.6. The molecule has 606 valence electrons. The molecule has 0 atom stereocenters. The van der Waals surface area contributed by atoms with Crippen LogP contribution < -0.4 is 65.1 Å². The average Bonchev–Trinajstić information content (AvgIpc) is 0.821. The van der Waals surface area contributed by atoms with Gasteiger partial charge in [-0.3, -0.25) is 123 Å². The maximum Gasteiger partial charge on any atom is 0.273 e. The molecule has 12 aromatic carbocycles. The first-order chi connectivity index (χ1) is 58.0. The van der Waals surface area contributed by atoms with E-state index in [1.807, 2.05) is 0 Å². The summed E-state index contributed by atoms with van der Waals surface area (Å²) in [6.45, 7) is 0. The summed E-state index contributed by atoms with van der Waals surface area (Å²) in [4.78, 5) is 156. The van der Waals surface area contributed by atoms with Crippen molar-refractivity contribution in [3.05, 3.63) is 358 Å². The summed E-state index contributed by atoms with van der Waals surface area (Å²) in [5.74, 6) is -6.49. The van der Waals surface area contributed by atoms with Crippen LogP contribution >= 0.6 is 115 Å². The molecule has 1 aliphatic rings. The van der Waals surface area contributed by atoms with Crippen LogP contribution in [0, 0.1) is 0 Å². The van der Waals surface area contributed by atoms with Gasteiger partial charge in [0, 0.05) is 49.0 Å². The zero-order chi connectivity index (χ0) is 85.5. The summed E-state index contributed by atoms with van der Waals surface area (Å²) >= 11 is 16.9. The van der Waals surface area contributed by atoms with E-state index in [-0.39, 0.29) is 22.6 Å². The highest BCUT2D eigenvalue weighted by molar-refractivity contribution is 8.77. The molecule has 12 aromatic rings. The maximum atomic E-state index is 13.0. The van der Waals surface area contributed by atoms with Crippen molar-refractivity contribution in [2.24, 2.45) is 0 Å². The maximum absolute atomic E-state index is 13.0. The SMILES string of the molecule is O=C(NNC(=O)c1ccccc1O)c1ccccc1O.O=C(NNC(=O)c1ccccc1S)c1ccccc1S.O=C(NNC(=O)c1ccccc1SSc1ccccc1C(=O)NNC(=O)c1ccccc1S)c1ccccc1S.O=C1NNC(=O)c2ccccc2SSc2ccccc2C(=O)NNC(=O)c2ccccc2SSc2ccccc21. The fraction of sp³-hybridized carbons (Fsp3) is 0. The molecule has 26 nitrogen and oxygen atoms in total. The first kappa shape index (κ1) is 89.7. The summed E-state index contributed by atoms with van der Waals surface area (Å²) in [6.07, 6.45) is 0. The van der Waals surface area contributed by atoms with Crippen molar-refractivity contribution in [3.8, 4) is 11.5 Å². The first-order valence-electron chi connectivity index (χ1n) is 34.9. The molecule has 12 amide bonds. The number of para-hydroxylation sites is 2. The number of hydrazine groups is 6. The van der Waals surface area contributed by atoms with Gasteiger partial charge in [0.2, 0.25) is 0 Å². The molecule has 36 heteroatoms. The van der Waals surface area contributed by atoms with Crippen molar-refractivity contribution in [1.82, 2.24) is 65.1 Å². The second-order valence-corrected chi connectivity index (χ2v) is 32.6. The normalized spacial score (nSPS) is 11.6. The van der Waals surface area contributed by atoms with Crippen molar-refractivity contribution in [1.29, 1.82) is 0 Å². The third-order valence-corrected chi connectivity index (χ3v) is 25.1. The Hall–Kier alpha value is -12.6. The lowest BCUT2D eigenvalue weighted by Gasteiger charge is -2.14. The molecule has 0 unspecified atom stereocenters. The fourth-order valence-electron chi connectivity index (χ4n) is 10.1. The zero-order valence-electron chi connectivity index (χ0n) is 61.7. The van der Waals surface area contributed by atoms with E-state index in [1.54, 1.807) is 267 Å². The summed E-state index contributed by atoms with van der Waals surface area (Å²) in [5, 5.41) is 19.0. The number of hydrogen-bond donors (Lipinski definition) is 18. The Kier molecular flexibility index (Phi) is 33.9. The number of carbonyl (C=O) groups excluding carboxylic acids is 12. The minimum absolute atomic E-state index is 0.0325. The van der Waals surface area contributed by atoms with Gasteiger partial charge in [0.15, 0.2) is 0 Å². The molecule has 0 aliphatic carbocycles. The van der Waals surface area contributed by atoms with Crippen LogP contribution in [-0.2, 0) is 0 Å². The predicted octanol–water partition coefficient (Wildman–Crippen LogP) is 14.5. The molecule has 0 saturated carbocycles. The van der Waals surface area contributed by atoms with Gasteiger partial charge in [0.25, 0.3) is 70.9 Å². The van der Waals surface area contributed by atoms with E-state index in [0.29, 0.717) is 105 Å². The first-order valence-corrected chi connectivity index (χ1v) is 43.2. The molecule has 0 bridgehead atoms. The quantitative estimate of drug-likeness (QED) is 0.0325. The van der Waals surface area contributed by atoms with E-state index in [9.17, 15) is 67.7 Å². The standard InChI is InChI=1S/C28H20N4O4S4.C28H22N4O4S4.C14H12N2O4.C14H12N2O2S2/c33-25-17-9-1-5-13-21(17)37-38-22-14-6-2-10-18(22)27(35)31-32-28(36)20-12-4-8-16-24(20)40-39-23-15-7-3-11-19(23)26(34)30-29-25;33-25(17-9-1-5-13-21(17)37)29-31-27(35)19-11-3-7-15-23(19)39-40-24-16-8-4-12-20(24)28(36)32-30-26(34)18-10-2-6-14-22(18)38;17-11-7-3-1-5-9(11)13(19)15-16-14(20)10-6-2-4-8-12(10)18;17-13(9-5-1-3-7-11(9)19)15-16-14(18)10-6-2-4-8-12(10)20/h1-16H,(H,29,33)(H,30,34)(H,31,35)(H,32,36);1-16,37-38H,(H,29,33)(H,30,34)(H,31,35)(H,32,36);1-8,17-18H,(H,15,19)(H,16,20);1-8,19-20H,(H,15,17)(H,16,18). The number of phenolic OH excluding ortho intramolecular Hbond substituents is 2.